The lowest BCUT2D eigenvalue weighted by molar-refractivity contribution is -0.120. The quantitative estimate of drug-likeness (QED) is 0.739. The molecule has 1 atom stereocenters. The normalized spacial score (nSPS) is 18.0. The zero-order valence-corrected chi connectivity index (χ0v) is 17.7. The second kappa shape index (κ2) is 9.02. The van der Waals surface area contributed by atoms with Crippen LogP contribution >= 0.6 is 11.3 Å². The molecule has 1 aliphatic heterocycles. The summed E-state index contributed by atoms with van der Waals surface area (Å²) in [5.41, 5.74) is 1.59. The number of thiazole rings is 1. The molecule has 28 heavy (non-hydrogen) atoms. The number of sulfonamides is 1. The Bertz CT molecular complexity index is 927. The second-order valence-electron chi connectivity index (χ2n) is 6.74. The lowest BCUT2D eigenvalue weighted by Crippen LogP contribution is -2.44. The molecule has 2 heterocycles. The van der Waals surface area contributed by atoms with Gasteiger partial charge < -0.3 is 10.1 Å². The maximum atomic E-state index is 12.7. The maximum Gasteiger partial charge on any atom is 0.230 e. The zero-order valence-electron chi connectivity index (χ0n) is 16.1. The van der Waals surface area contributed by atoms with Crippen LogP contribution < -0.4 is 10.1 Å². The fourth-order valence-electron chi connectivity index (χ4n) is 3.31. The molecule has 3 rings (SSSR count). The minimum Gasteiger partial charge on any atom is -0.496 e. The van der Waals surface area contributed by atoms with Crippen molar-refractivity contribution in [2.24, 2.45) is 5.92 Å². The van der Waals surface area contributed by atoms with Crippen LogP contribution in [0.25, 0.3) is 11.3 Å². The lowest BCUT2D eigenvalue weighted by atomic mass is 9.99. The van der Waals surface area contributed by atoms with Crippen LogP contribution in [0.3, 0.4) is 0 Å². The first-order valence-electron chi connectivity index (χ1n) is 9.32. The van der Waals surface area contributed by atoms with Crippen molar-refractivity contribution in [2.45, 2.75) is 26.2 Å². The van der Waals surface area contributed by atoms with Gasteiger partial charge in [-0.15, -0.1) is 11.3 Å². The van der Waals surface area contributed by atoms with Crippen LogP contribution in [0.1, 0.15) is 26.2 Å². The number of nitrogens with one attached hydrogen (secondary N) is 1. The van der Waals surface area contributed by atoms with Crippen molar-refractivity contribution in [3.8, 4) is 17.0 Å². The average molecular weight is 424 g/mol. The molecule has 7 nitrogen and oxygen atoms in total. The summed E-state index contributed by atoms with van der Waals surface area (Å²) in [5.74, 6) is 0.293. The Labute approximate surface area is 169 Å². The maximum absolute atomic E-state index is 12.7. The van der Waals surface area contributed by atoms with E-state index in [0.29, 0.717) is 30.9 Å². The van der Waals surface area contributed by atoms with E-state index in [2.05, 4.69) is 10.3 Å². The highest BCUT2D eigenvalue weighted by atomic mass is 32.2. The number of nitrogens with zero attached hydrogens (tertiary/aromatic N) is 2. The van der Waals surface area contributed by atoms with Crippen molar-refractivity contribution in [1.29, 1.82) is 0 Å². The number of para-hydroxylation sites is 1. The summed E-state index contributed by atoms with van der Waals surface area (Å²) >= 11 is 1.34. The number of carbonyl (C=O) groups is 1. The fourth-order valence-corrected chi connectivity index (χ4v) is 5.62. The molecule has 0 radical (unpaired) electrons. The highest BCUT2D eigenvalue weighted by molar-refractivity contribution is 7.89. The van der Waals surface area contributed by atoms with Gasteiger partial charge in [-0.05, 0) is 31.4 Å². The Morgan fingerprint density at radius 3 is 2.93 bits per heavy atom. The van der Waals surface area contributed by atoms with E-state index in [9.17, 15) is 13.2 Å². The van der Waals surface area contributed by atoms with Crippen molar-refractivity contribution in [3.63, 3.8) is 0 Å². The van der Waals surface area contributed by atoms with Crippen LogP contribution in [-0.4, -0.2) is 49.6 Å². The Balaban J connectivity index is 1.68. The first-order chi connectivity index (χ1) is 13.4. The van der Waals surface area contributed by atoms with Crippen molar-refractivity contribution in [3.05, 3.63) is 29.6 Å². The summed E-state index contributed by atoms with van der Waals surface area (Å²) in [6.07, 6.45) is 1.93. The number of benzene rings is 1. The predicted molar refractivity (Wildman–Crippen MR) is 111 cm³/mol. The van der Waals surface area contributed by atoms with E-state index in [-0.39, 0.29) is 24.1 Å². The van der Waals surface area contributed by atoms with Gasteiger partial charge in [-0.1, -0.05) is 19.1 Å². The number of amides is 1. The topological polar surface area (TPSA) is 88.6 Å². The number of anilines is 1. The molecule has 1 amide bonds. The minimum absolute atomic E-state index is 0.121. The number of methoxy groups -OCH3 is 1. The summed E-state index contributed by atoms with van der Waals surface area (Å²) in [6, 6.07) is 7.57. The molecule has 0 aliphatic carbocycles. The summed E-state index contributed by atoms with van der Waals surface area (Å²) in [7, 11) is -1.68. The van der Waals surface area contributed by atoms with Crippen molar-refractivity contribution in [2.75, 3.05) is 31.3 Å². The highest BCUT2D eigenvalue weighted by Gasteiger charge is 2.32. The van der Waals surface area contributed by atoms with Crippen LogP contribution in [-0.2, 0) is 14.8 Å². The molecule has 1 fully saturated rings. The van der Waals surface area contributed by atoms with E-state index in [0.717, 1.165) is 17.0 Å². The van der Waals surface area contributed by atoms with Crippen LogP contribution in [0.5, 0.6) is 5.75 Å². The standard InChI is InChI=1S/C19H25N3O4S2/c1-3-11-28(24,25)22-10-6-7-14(12-22)18(23)21-19-20-16(13-27-19)15-8-4-5-9-17(15)26-2/h4-5,8-9,13-14H,3,6-7,10-12H2,1-2H3,(H,20,21,23). The Morgan fingerprint density at radius 1 is 1.39 bits per heavy atom. The summed E-state index contributed by atoms with van der Waals surface area (Å²) in [5, 5.41) is 5.22. The van der Waals surface area contributed by atoms with Crippen LogP contribution in [0.2, 0.25) is 0 Å². The third-order valence-electron chi connectivity index (χ3n) is 4.73. The van der Waals surface area contributed by atoms with Gasteiger partial charge in [0, 0.05) is 24.0 Å². The van der Waals surface area contributed by atoms with Gasteiger partial charge in [0.05, 0.1) is 24.5 Å². The Morgan fingerprint density at radius 2 is 2.18 bits per heavy atom. The molecule has 1 aromatic carbocycles. The number of rotatable bonds is 7. The van der Waals surface area contributed by atoms with E-state index in [1.165, 1.54) is 15.6 Å². The third kappa shape index (κ3) is 4.71. The van der Waals surface area contributed by atoms with Crippen LogP contribution in [0.15, 0.2) is 29.6 Å². The zero-order chi connectivity index (χ0) is 20.1. The monoisotopic (exact) mass is 423 g/mol. The van der Waals surface area contributed by atoms with Gasteiger partial charge >= 0.3 is 0 Å². The van der Waals surface area contributed by atoms with E-state index in [1.54, 1.807) is 7.11 Å². The van der Waals surface area contributed by atoms with Gasteiger partial charge in [0.2, 0.25) is 15.9 Å². The number of piperidine rings is 1. The Kier molecular flexibility index (Phi) is 6.69. The molecular formula is C19H25N3O4S2. The van der Waals surface area contributed by atoms with Gasteiger partial charge in [0.1, 0.15) is 5.75 Å². The molecule has 0 bridgehead atoms. The molecule has 1 aliphatic rings. The molecule has 152 valence electrons. The largest absolute Gasteiger partial charge is 0.496 e. The van der Waals surface area contributed by atoms with Crippen molar-refractivity contribution >= 4 is 32.4 Å². The smallest absolute Gasteiger partial charge is 0.230 e. The molecule has 1 saturated heterocycles. The minimum atomic E-state index is -3.29. The van der Waals surface area contributed by atoms with E-state index < -0.39 is 10.0 Å². The van der Waals surface area contributed by atoms with Crippen molar-refractivity contribution in [1.82, 2.24) is 9.29 Å². The summed E-state index contributed by atoms with van der Waals surface area (Å²) in [4.78, 5) is 17.2. The van der Waals surface area contributed by atoms with Crippen molar-refractivity contribution < 1.29 is 17.9 Å². The van der Waals surface area contributed by atoms with Crippen LogP contribution in [0.4, 0.5) is 5.13 Å². The third-order valence-corrected chi connectivity index (χ3v) is 7.53. The molecule has 1 unspecified atom stereocenters. The SMILES string of the molecule is CCCS(=O)(=O)N1CCCC(C(=O)Nc2nc(-c3ccccc3OC)cs2)C1. The highest BCUT2D eigenvalue weighted by Crippen LogP contribution is 2.32. The van der Waals surface area contributed by atoms with E-state index in [1.807, 2.05) is 36.6 Å². The van der Waals surface area contributed by atoms with Crippen LogP contribution in [0, 0.1) is 5.92 Å². The number of ether oxygens (including phenoxy) is 1. The molecule has 9 heteroatoms. The Hall–Kier alpha value is -1.97. The number of hydrogen-bond donors (Lipinski definition) is 1. The molecule has 0 saturated carbocycles. The predicted octanol–water partition coefficient (Wildman–Crippen LogP) is 3.21. The molecule has 1 N–H and O–H groups in total. The number of carbonyl (C=O) groups excluding carboxylic acids is 1. The fraction of sp³-hybridized carbons (Fsp3) is 0.474. The second-order valence-corrected chi connectivity index (χ2v) is 9.69. The first kappa shape index (κ1) is 20.8. The van der Waals surface area contributed by atoms with E-state index in [4.69, 9.17) is 4.74 Å². The molecule has 0 spiro atoms. The molecular weight excluding hydrogens is 398 g/mol. The summed E-state index contributed by atoms with van der Waals surface area (Å²) < 4.78 is 31.4. The average Bonchev–Trinajstić information content (AvgIpc) is 3.16. The van der Waals surface area contributed by atoms with Gasteiger partial charge in [-0.3, -0.25) is 4.79 Å². The molecule has 1 aromatic heterocycles. The lowest BCUT2D eigenvalue weighted by Gasteiger charge is -2.30. The van der Waals surface area contributed by atoms with Gasteiger partial charge in [-0.25, -0.2) is 17.7 Å². The summed E-state index contributed by atoms with van der Waals surface area (Å²) in [6.45, 7) is 2.56. The first-order valence-corrected chi connectivity index (χ1v) is 11.8. The van der Waals surface area contributed by atoms with Gasteiger partial charge in [0.25, 0.3) is 0 Å². The number of hydrogen-bond acceptors (Lipinski definition) is 6. The molecule has 2 aromatic rings. The number of aromatic nitrogens is 1. The van der Waals surface area contributed by atoms with Gasteiger partial charge in [-0.2, -0.15) is 0 Å². The van der Waals surface area contributed by atoms with E-state index >= 15 is 0 Å². The van der Waals surface area contributed by atoms with Gasteiger partial charge in [0.15, 0.2) is 5.13 Å².